The van der Waals surface area contributed by atoms with Gasteiger partial charge in [0.15, 0.2) is 5.13 Å². The van der Waals surface area contributed by atoms with Gasteiger partial charge in [0.25, 0.3) is 0 Å². The lowest BCUT2D eigenvalue weighted by Crippen LogP contribution is -2.28. The summed E-state index contributed by atoms with van der Waals surface area (Å²) in [5.74, 6) is 0. The van der Waals surface area contributed by atoms with E-state index in [0.717, 1.165) is 22.4 Å². The lowest BCUT2D eigenvalue weighted by Gasteiger charge is -2.06. The number of nitrogens with one attached hydrogen (secondary N) is 2. The van der Waals surface area contributed by atoms with E-state index in [1.54, 1.807) is 23.3 Å². The second-order valence-electron chi connectivity index (χ2n) is 5.09. The van der Waals surface area contributed by atoms with E-state index in [2.05, 4.69) is 25.7 Å². The lowest BCUT2D eigenvalue weighted by atomic mass is 10.1. The maximum atomic E-state index is 11.9. The molecule has 0 aromatic carbocycles. The van der Waals surface area contributed by atoms with Gasteiger partial charge in [-0.1, -0.05) is 0 Å². The zero-order valence-electron chi connectivity index (χ0n) is 12.8. The van der Waals surface area contributed by atoms with E-state index < -0.39 is 0 Å². The summed E-state index contributed by atoms with van der Waals surface area (Å²) in [5, 5.41) is 12.1. The number of hydrogen-bond donors (Lipinski definition) is 2. The number of thiazole rings is 1. The van der Waals surface area contributed by atoms with Crippen molar-refractivity contribution in [2.24, 2.45) is 7.05 Å². The SMILES string of the molecule is Cc1csc(NC(=O)NCc2cncc(-c3cnn(C)c3)c2)n1. The van der Waals surface area contributed by atoms with E-state index >= 15 is 0 Å². The number of carbonyl (C=O) groups is 1. The quantitative estimate of drug-likeness (QED) is 0.771. The summed E-state index contributed by atoms with van der Waals surface area (Å²) >= 11 is 1.40. The van der Waals surface area contributed by atoms with Crippen LogP contribution in [0.2, 0.25) is 0 Å². The summed E-state index contributed by atoms with van der Waals surface area (Å²) in [4.78, 5) is 20.3. The number of urea groups is 1. The van der Waals surface area contributed by atoms with Gasteiger partial charge in [-0.25, -0.2) is 9.78 Å². The van der Waals surface area contributed by atoms with Gasteiger partial charge in [0.1, 0.15) is 0 Å². The Bertz CT molecular complexity index is 825. The van der Waals surface area contributed by atoms with Gasteiger partial charge in [-0.15, -0.1) is 11.3 Å². The maximum absolute atomic E-state index is 11.9. The Balaban J connectivity index is 1.61. The average Bonchev–Trinajstić information content (AvgIpc) is 3.14. The smallest absolute Gasteiger partial charge is 0.321 e. The molecule has 2 amide bonds. The first kappa shape index (κ1) is 15.2. The highest BCUT2D eigenvalue weighted by Gasteiger charge is 2.06. The number of aromatic nitrogens is 4. The highest BCUT2D eigenvalue weighted by Crippen LogP contribution is 2.18. The molecule has 3 aromatic rings. The van der Waals surface area contributed by atoms with Crippen molar-refractivity contribution >= 4 is 22.5 Å². The minimum absolute atomic E-state index is 0.286. The van der Waals surface area contributed by atoms with Crippen LogP contribution in [-0.2, 0) is 13.6 Å². The van der Waals surface area contributed by atoms with Crippen LogP contribution in [0, 0.1) is 6.92 Å². The zero-order chi connectivity index (χ0) is 16.2. The van der Waals surface area contributed by atoms with Crippen molar-refractivity contribution in [2.75, 3.05) is 5.32 Å². The molecule has 0 saturated carbocycles. The van der Waals surface area contributed by atoms with Gasteiger partial charge in [0, 0.05) is 48.7 Å². The summed E-state index contributed by atoms with van der Waals surface area (Å²) in [7, 11) is 1.87. The molecule has 3 aromatic heterocycles. The number of aryl methyl sites for hydroxylation is 2. The van der Waals surface area contributed by atoms with Crippen LogP contribution >= 0.6 is 11.3 Å². The first-order valence-corrected chi connectivity index (χ1v) is 7.88. The summed E-state index contributed by atoms with van der Waals surface area (Å²) in [5.41, 5.74) is 3.76. The van der Waals surface area contributed by atoms with E-state index in [-0.39, 0.29) is 6.03 Å². The maximum Gasteiger partial charge on any atom is 0.321 e. The van der Waals surface area contributed by atoms with Crippen LogP contribution < -0.4 is 10.6 Å². The zero-order valence-corrected chi connectivity index (χ0v) is 13.6. The second-order valence-corrected chi connectivity index (χ2v) is 5.94. The topological polar surface area (TPSA) is 84.7 Å². The number of pyridine rings is 1. The van der Waals surface area contributed by atoms with Crippen LogP contribution in [0.15, 0.2) is 36.2 Å². The summed E-state index contributed by atoms with van der Waals surface area (Å²) < 4.78 is 1.74. The Morgan fingerprint density at radius 3 is 2.87 bits per heavy atom. The van der Waals surface area contributed by atoms with Crippen molar-refractivity contribution < 1.29 is 4.79 Å². The molecule has 8 heteroatoms. The Kier molecular flexibility index (Phi) is 4.33. The van der Waals surface area contributed by atoms with Crippen molar-refractivity contribution in [3.63, 3.8) is 0 Å². The molecule has 0 aliphatic carbocycles. The number of hydrogen-bond acceptors (Lipinski definition) is 5. The number of amides is 2. The van der Waals surface area contributed by atoms with Gasteiger partial charge < -0.3 is 5.32 Å². The largest absolute Gasteiger partial charge is 0.334 e. The molecule has 0 aliphatic rings. The van der Waals surface area contributed by atoms with Crippen molar-refractivity contribution in [3.8, 4) is 11.1 Å². The third-order valence-electron chi connectivity index (χ3n) is 3.13. The van der Waals surface area contributed by atoms with Gasteiger partial charge >= 0.3 is 6.03 Å². The summed E-state index contributed by atoms with van der Waals surface area (Å²) in [6.07, 6.45) is 7.21. The van der Waals surface area contributed by atoms with Gasteiger partial charge in [0.05, 0.1) is 11.9 Å². The second kappa shape index (κ2) is 6.57. The molecule has 23 heavy (non-hydrogen) atoms. The minimum Gasteiger partial charge on any atom is -0.334 e. The van der Waals surface area contributed by atoms with Crippen LogP contribution in [0.5, 0.6) is 0 Å². The third-order valence-corrected chi connectivity index (χ3v) is 4.00. The molecule has 7 nitrogen and oxygen atoms in total. The Morgan fingerprint density at radius 1 is 1.30 bits per heavy atom. The van der Waals surface area contributed by atoms with E-state index in [9.17, 15) is 4.79 Å². The van der Waals surface area contributed by atoms with Gasteiger partial charge in [0.2, 0.25) is 0 Å². The lowest BCUT2D eigenvalue weighted by molar-refractivity contribution is 0.251. The first-order valence-electron chi connectivity index (χ1n) is 7.00. The Labute approximate surface area is 137 Å². The molecule has 2 N–H and O–H groups in total. The van der Waals surface area contributed by atoms with Gasteiger partial charge in [-0.05, 0) is 18.6 Å². The van der Waals surface area contributed by atoms with Crippen LogP contribution in [-0.4, -0.2) is 25.8 Å². The highest BCUT2D eigenvalue weighted by atomic mass is 32.1. The molecule has 0 saturated heterocycles. The highest BCUT2D eigenvalue weighted by molar-refractivity contribution is 7.13. The number of anilines is 1. The fourth-order valence-corrected chi connectivity index (χ4v) is 2.73. The molecule has 3 heterocycles. The standard InChI is InChI=1S/C15H16N6OS/c1-10-9-23-15(19-10)20-14(22)17-5-11-3-12(6-16-4-11)13-7-18-21(2)8-13/h3-4,6-9H,5H2,1-2H3,(H2,17,19,20,22). The molecule has 0 unspecified atom stereocenters. The summed E-state index contributed by atoms with van der Waals surface area (Å²) in [6, 6.07) is 1.70. The van der Waals surface area contributed by atoms with E-state index in [1.807, 2.05) is 31.6 Å². The van der Waals surface area contributed by atoms with Crippen LogP contribution in [0.4, 0.5) is 9.93 Å². The van der Waals surface area contributed by atoms with Crippen LogP contribution in [0.3, 0.4) is 0 Å². The van der Waals surface area contributed by atoms with Gasteiger partial charge in [-0.3, -0.25) is 15.0 Å². The van der Waals surface area contributed by atoms with Gasteiger partial charge in [-0.2, -0.15) is 5.10 Å². The average molecular weight is 328 g/mol. The monoisotopic (exact) mass is 328 g/mol. The predicted molar refractivity (Wildman–Crippen MR) is 89.1 cm³/mol. The normalized spacial score (nSPS) is 10.5. The fraction of sp³-hybridized carbons (Fsp3) is 0.200. The molecular weight excluding hydrogens is 312 g/mol. The Morgan fingerprint density at radius 2 is 2.17 bits per heavy atom. The minimum atomic E-state index is -0.286. The van der Waals surface area contributed by atoms with E-state index in [1.165, 1.54) is 11.3 Å². The van der Waals surface area contributed by atoms with Crippen molar-refractivity contribution in [3.05, 3.63) is 47.5 Å². The summed E-state index contributed by atoms with van der Waals surface area (Å²) in [6.45, 7) is 2.27. The molecule has 0 fully saturated rings. The fourth-order valence-electron chi connectivity index (χ4n) is 2.05. The molecule has 0 spiro atoms. The molecule has 118 valence electrons. The number of nitrogens with zero attached hydrogens (tertiary/aromatic N) is 4. The first-order chi connectivity index (χ1) is 11.1. The van der Waals surface area contributed by atoms with Crippen molar-refractivity contribution in [1.82, 2.24) is 25.1 Å². The molecular formula is C15H16N6OS. The predicted octanol–water partition coefficient (Wildman–Crippen LogP) is 2.57. The van der Waals surface area contributed by atoms with Crippen LogP contribution in [0.25, 0.3) is 11.1 Å². The third kappa shape index (κ3) is 3.92. The number of rotatable bonds is 4. The molecule has 3 rings (SSSR count). The van der Waals surface area contributed by atoms with E-state index in [0.29, 0.717) is 11.7 Å². The van der Waals surface area contributed by atoms with Crippen molar-refractivity contribution in [2.45, 2.75) is 13.5 Å². The molecule has 0 bridgehead atoms. The molecule has 0 aliphatic heterocycles. The van der Waals surface area contributed by atoms with E-state index in [4.69, 9.17) is 0 Å². The molecule has 0 radical (unpaired) electrons. The Hall–Kier alpha value is -2.74. The molecule has 0 atom stereocenters. The van der Waals surface area contributed by atoms with Crippen LogP contribution in [0.1, 0.15) is 11.3 Å². The van der Waals surface area contributed by atoms with Crippen molar-refractivity contribution in [1.29, 1.82) is 0 Å². The number of carbonyl (C=O) groups excluding carboxylic acids is 1.